The van der Waals surface area contributed by atoms with Crippen LogP contribution < -0.4 is 4.74 Å². The summed E-state index contributed by atoms with van der Waals surface area (Å²) in [4.78, 5) is 0. The molecule has 1 unspecified atom stereocenters. The Balaban J connectivity index is 1.53. The molecule has 19 heavy (non-hydrogen) atoms. The summed E-state index contributed by atoms with van der Waals surface area (Å²) in [6, 6.07) is 6.38. The highest BCUT2D eigenvalue weighted by Gasteiger charge is 2.54. The van der Waals surface area contributed by atoms with E-state index < -0.39 is 0 Å². The minimum absolute atomic E-state index is 0.159. The van der Waals surface area contributed by atoms with Gasteiger partial charge in [-0.15, -0.1) is 0 Å². The van der Waals surface area contributed by atoms with Crippen LogP contribution in [0, 0.1) is 0 Å². The van der Waals surface area contributed by atoms with Gasteiger partial charge in [-0.05, 0) is 54.9 Å². The van der Waals surface area contributed by atoms with Gasteiger partial charge in [-0.2, -0.15) is 0 Å². The second-order valence-corrected chi connectivity index (χ2v) is 5.73. The van der Waals surface area contributed by atoms with E-state index in [1.165, 1.54) is 11.1 Å². The molecule has 2 aliphatic rings. The third-order valence-electron chi connectivity index (χ3n) is 4.81. The Morgan fingerprint density at radius 3 is 2.84 bits per heavy atom. The van der Waals surface area contributed by atoms with Gasteiger partial charge in [-0.25, -0.2) is 0 Å². The molecule has 1 heterocycles. The van der Waals surface area contributed by atoms with Crippen molar-refractivity contribution in [1.29, 1.82) is 0 Å². The van der Waals surface area contributed by atoms with Crippen LogP contribution in [-0.4, -0.2) is 30.5 Å². The fourth-order valence-electron chi connectivity index (χ4n) is 3.27. The van der Waals surface area contributed by atoms with E-state index in [1.807, 2.05) is 6.07 Å². The highest BCUT2D eigenvalue weighted by Crippen LogP contribution is 2.46. The molecule has 0 saturated carbocycles. The molecule has 0 amide bonds. The van der Waals surface area contributed by atoms with E-state index in [0.717, 1.165) is 31.4 Å². The summed E-state index contributed by atoms with van der Waals surface area (Å²) in [5.74, 6) is 1.62. The average Bonchev–Trinajstić information content (AvgIpc) is 3.14. The summed E-state index contributed by atoms with van der Waals surface area (Å²) in [6.07, 6.45) is 4.55. The lowest BCUT2D eigenvalue weighted by molar-refractivity contribution is 0.168. The lowest BCUT2D eigenvalue weighted by atomic mass is 9.74. The van der Waals surface area contributed by atoms with E-state index in [1.54, 1.807) is 7.11 Å². The van der Waals surface area contributed by atoms with E-state index in [4.69, 9.17) is 9.47 Å². The first-order valence-electron chi connectivity index (χ1n) is 7.18. The van der Waals surface area contributed by atoms with Crippen LogP contribution in [0.4, 0.5) is 0 Å². The van der Waals surface area contributed by atoms with Gasteiger partial charge in [0, 0.05) is 0 Å². The molecular weight excluding hydrogens is 240 g/mol. The number of aliphatic hydroxyl groups is 1. The summed E-state index contributed by atoms with van der Waals surface area (Å²) in [6.45, 7) is 2.24. The monoisotopic (exact) mass is 262 g/mol. The Hall–Kier alpha value is -1.06. The molecule has 104 valence electrons. The van der Waals surface area contributed by atoms with Crippen LogP contribution in [0.3, 0.4) is 0 Å². The molecule has 0 bridgehead atoms. The molecule has 1 aliphatic carbocycles. The van der Waals surface area contributed by atoms with Crippen LogP contribution in [0.15, 0.2) is 18.2 Å². The van der Waals surface area contributed by atoms with Gasteiger partial charge in [-0.3, -0.25) is 0 Å². The zero-order valence-electron chi connectivity index (χ0n) is 11.7. The number of methoxy groups -OCH3 is 1. The van der Waals surface area contributed by atoms with Gasteiger partial charge in [-0.1, -0.05) is 13.0 Å². The lowest BCUT2D eigenvalue weighted by Gasteiger charge is -2.30. The predicted octanol–water partition coefficient (Wildman–Crippen LogP) is 2.66. The SMILES string of the molecule is CC[C@]1(CO)O[C@@H]1CCC1Cc2cc(OC)ccc21. The molecule has 1 aliphatic heterocycles. The number of fused-ring (bicyclic) bond motifs is 1. The topological polar surface area (TPSA) is 42.0 Å². The molecule has 0 radical (unpaired) electrons. The number of ether oxygens (including phenoxy) is 2. The Labute approximate surface area is 114 Å². The molecule has 3 rings (SSSR count). The fraction of sp³-hybridized carbons (Fsp3) is 0.625. The van der Waals surface area contributed by atoms with E-state index in [0.29, 0.717) is 5.92 Å². The van der Waals surface area contributed by atoms with E-state index in [-0.39, 0.29) is 18.3 Å². The van der Waals surface area contributed by atoms with Crippen LogP contribution in [0.1, 0.15) is 43.2 Å². The third kappa shape index (κ3) is 2.15. The summed E-state index contributed by atoms with van der Waals surface area (Å²) in [5.41, 5.74) is 2.67. The average molecular weight is 262 g/mol. The first-order chi connectivity index (χ1) is 9.22. The fourth-order valence-corrected chi connectivity index (χ4v) is 3.27. The van der Waals surface area contributed by atoms with Crippen LogP contribution in [0.25, 0.3) is 0 Å². The second kappa shape index (κ2) is 4.80. The Morgan fingerprint density at radius 1 is 1.42 bits per heavy atom. The second-order valence-electron chi connectivity index (χ2n) is 5.73. The van der Waals surface area contributed by atoms with Crippen molar-refractivity contribution in [3.05, 3.63) is 29.3 Å². The standard InChI is InChI=1S/C16H22O3/c1-3-16(10-17)15(19-16)7-4-11-8-12-9-13(18-2)5-6-14(11)12/h5-6,9,11,15,17H,3-4,7-8,10H2,1-2H3/t11?,15-,16-/m1/s1. The molecule has 1 N–H and O–H groups in total. The minimum Gasteiger partial charge on any atom is -0.497 e. The number of hydrogen-bond donors (Lipinski definition) is 1. The minimum atomic E-state index is -0.216. The molecule has 1 aromatic rings. The molecule has 1 aromatic carbocycles. The van der Waals surface area contributed by atoms with Gasteiger partial charge in [0.25, 0.3) is 0 Å². The van der Waals surface area contributed by atoms with Gasteiger partial charge in [0.1, 0.15) is 11.4 Å². The summed E-state index contributed by atoms with van der Waals surface area (Å²) >= 11 is 0. The first-order valence-corrected chi connectivity index (χ1v) is 7.18. The molecule has 3 nitrogen and oxygen atoms in total. The maximum Gasteiger partial charge on any atom is 0.119 e. The van der Waals surface area contributed by atoms with Gasteiger partial charge in [0.05, 0.1) is 19.8 Å². The predicted molar refractivity (Wildman–Crippen MR) is 73.7 cm³/mol. The normalized spacial score (nSPS) is 31.5. The summed E-state index contributed by atoms with van der Waals surface area (Å²) < 4.78 is 10.9. The van der Waals surface area contributed by atoms with Gasteiger partial charge < -0.3 is 14.6 Å². The van der Waals surface area contributed by atoms with Crippen molar-refractivity contribution in [3.63, 3.8) is 0 Å². The van der Waals surface area contributed by atoms with E-state index >= 15 is 0 Å². The molecule has 1 saturated heterocycles. The van der Waals surface area contributed by atoms with Crippen LogP contribution in [0.5, 0.6) is 5.75 Å². The third-order valence-corrected chi connectivity index (χ3v) is 4.81. The van der Waals surface area contributed by atoms with E-state index in [9.17, 15) is 5.11 Å². The smallest absolute Gasteiger partial charge is 0.119 e. The molecule has 1 fully saturated rings. The Morgan fingerprint density at radius 2 is 2.26 bits per heavy atom. The van der Waals surface area contributed by atoms with Crippen LogP contribution in [-0.2, 0) is 11.2 Å². The van der Waals surface area contributed by atoms with Crippen molar-refractivity contribution in [3.8, 4) is 5.75 Å². The number of epoxide rings is 1. The molecular formula is C16H22O3. The molecule has 0 spiro atoms. The van der Waals surface area contributed by atoms with Crippen molar-refractivity contribution >= 4 is 0 Å². The molecule has 3 atom stereocenters. The number of hydrogen-bond acceptors (Lipinski definition) is 3. The summed E-state index contributed by atoms with van der Waals surface area (Å²) in [5, 5.41) is 9.34. The lowest BCUT2D eigenvalue weighted by Crippen LogP contribution is -2.21. The maximum absolute atomic E-state index is 9.34. The number of benzene rings is 1. The highest BCUT2D eigenvalue weighted by molar-refractivity contribution is 5.44. The van der Waals surface area contributed by atoms with Crippen LogP contribution >= 0.6 is 0 Å². The molecule has 3 heteroatoms. The molecule has 0 aromatic heterocycles. The maximum atomic E-state index is 9.34. The summed E-state index contributed by atoms with van der Waals surface area (Å²) in [7, 11) is 1.71. The zero-order chi connectivity index (χ0) is 13.5. The van der Waals surface area contributed by atoms with Gasteiger partial charge in [0.15, 0.2) is 0 Å². The zero-order valence-corrected chi connectivity index (χ0v) is 11.7. The van der Waals surface area contributed by atoms with Crippen molar-refractivity contribution in [2.24, 2.45) is 0 Å². The van der Waals surface area contributed by atoms with Gasteiger partial charge in [0.2, 0.25) is 0 Å². The Kier molecular flexibility index (Phi) is 3.27. The Bertz CT molecular complexity index is 465. The van der Waals surface area contributed by atoms with Gasteiger partial charge >= 0.3 is 0 Å². The highest BCUT2D eigenvalue weighted by atomic mass is 16.6. The van der Waals surface area contributed by atoms with Crippen molar-refractivity contribution in [2.75, 3.05) is 13.7 Å². The first kappa shape index (κ1) is 12.9. The van der Waals surface area contributed by atoms with Crippen molar-refractivity contribution in [1.82, 2.24) is 0 Å². The van der Waals surface area contributed by atoms with Crippen molar-refractivity contribution in [2.45, 2.75) is 50.2 Å². The van der Waals surface area contributed by atoms with Crippen molar-refractivity contribution < 1.29 is 14.6 Å². The number of rotatable bonds is 6. The van der Waals surface area contributed by atoms with Crippen LogP contribution in [0.2, 0.25) is 0 Å². The number of aliphatic hydroxyl groups excluding tert-OH is 1. The quantitative estimate of drug-likeness (QED) is 0.801. The largest absolute Gasteiger partial charge is 0.497 e. The van der Waals surface area contributed by atoms with E-state index in [2.05, 4.69) is 19.1 Å².